The van der Waals surface area contributed by atoms with E-state index in [9.17, 15) is 0 Å². The molecule has 2 N–H and O–H groups in total. The van der Waals surface area contributed by atoms with E-state index >= 15 is 0 Å². The van der Waals surface area contributed by atoms with Gasteiger partial charge in [0, 0.05) is 48.5 Å². The number of hydrogen-bond donors (Lipinski definition) is 2. The van der Waals surface area contributed by atoms with Gasteiger partial charge in [-0.15, -0.1) is 0 Å². The van der Waals surface area contributed by atoms with Crippen LogP contribution in [0, 0.1) is 0 Å². The largest absolute Gasteiger partial charge is 0.387 e. The zero-order valence-electron chi connectivity index (χ0n) is 33.8. The Balaban J connectivity index is 1.12. The van der Waals surface area contributed by atoms with Gasteiger partial charge in [0.15, 0.2) is 0 Å². The fourth-order valence-electron chi connectivity index (χ4n) is 8.19. The number of nitrogens with one attached hydrogen (secondary N) is 2. The number of pyridine rings is 2. The number of allylic oxidation sites excluding steroid dienone is 7. The number of aromatic nitrogens is 2. The number of benzene rings is 5. The summed E-state index contributed by atoms with van der Waals surface area (Å²) in [6.07, 6.45) is 24.2. The van der Waals surface area contributed by atoms with Gasteiger partial charge < -0.3 is 10.6 Å². The second kappa shape index (κ2) is 16.7. The zero-order chi connectivity index (χ0) is 41.0. The molecule has 61 heavy (non-hydrogen) atoms. The predicted molar refractivity (Wildman–Crippen MR) is 253 cm³/mol. The highest BCUT2D eigenvalue weighted by Gasteiger charge is 2.16. The normalized spacial score (nSPS) is 15.3. The minimum absolute atomic E-state index is 0.203. The first-order chi connectivity index (χ1) is 30.1. The minimum Gasteiger partial charge on any atom is -0.387 e. The molecule has 1 aliphatic carbocycles. The van der Waals surface area contributed by atoms with Crippen molar-refractivity contribution >= 4 is 11.1 Å². The Morgan fingerprint density at radius 2 is 0.902 bits per heavy atom. The molecule has 4 heterocycles. The maximum absolute atomic E-state index is 4.35. The van der Waals surface area contributed by atoms with Crippen LogP contribution < -0.4 is 10.6 Å². The van der Waals surface area contributed by atoms with Crippen LogP contribution in [0.5, 0.6) is 0 Å². The summed E-state index contributed by atoms with van der Waals surface area (Å²) >= 11 is 0. The lowest BCUT2D eigenvalue weighted by Crippen LogP contribution is -2.25. The quantitative estimate of drug-likeness (QED) is 0.143. The Labute approximate surface area is 357 Å². The van der Waals surface area contributed by atoms with Crippen molar-refractivity contribution in [1.29, 1.82) is 0 Å². The molecule has 4 nitrogen and oxygen atoms in total. The lowest BCUT2D eigenvalue weighted by molar-refractivity contribution is 0.728. The van der Waals surface area contributed by atoms with Crippen molar-refractivity contribution in [3.63, 3.8) is 0 Å². The van der Waals surface area contributed by atoms with Gasteiger partial charge >= 0.3 is 0 Å². The van der Waals surface area contributed by atoms with Crippen LogP contribution in [0.2, 0.25) is 0 Å². The van der Waals surface area contributed by atoms with Crippen molar-refractivity contribution in [1.82, 2.24) is 20.6 Å². The second-order valence-electron chi connectivity index (χ2n) is 15.5. The summed E-state index contributed by atoms with van der Waals surface area (Å²) < 4.78 is 0. The van der Waals surface area contributed by atoms with Crippen LogP contribution in [0.1, 0.15) is 18.1 Å². The summed E-state index contributed by atoms with van der Waals surface area (Å²) in [5, 5.41) is 6.75. The van der Waals surface area contributed by atoms with Crippen molar-refractivity contribution in [2.45, 2.75) is 13.0 Å². The molecular formula is C57H42N4. The van der Waals surface area contributed by atoms with Crippen LogP contribution in [0.4, 0.5) is 0 Å². The van der Waals surface area contributed by atoms with E-state index in [1.165, 1.54) is 16.7 Å². The highest BCUT2D eigenvalue weighted by Crippen LogP contribution is 2.38. The molecular weight excluding hydrogens is 741 g/mol. The molecule has 0 fully saturated rings. The van der Waals surface area contributed by atoms with E-state index in [1.807, 2.05) is 55.4 Å². The fourth-order valence-corrected chi connectivity index (χ4v) is 8.19. The molecule has 1 atom stereocenters. The molecule has 0 radical (unpaired) electrons. The Kier molecular flexibility index (Phi) is 10.2. The van der Waals surface area contributed by atoms with Crippen molar-refractivity contribution in [3.8, 4) is 66.8 Å². The van der Waals surface area contributed by atoms with Gasteiger partial charge in [-0.25, -0.2) is 0 Å². The van der Waals surface area contributed by atoms with Crippen LogP contribution in [-0.2, 0) is 0 Å². The minimum atomic E-state index is 0.203. The molecule has 10 rings (SSSR count). The molecule has 5 aromatic carbocycles. The molecule has 0 bridgehead atoms. The van der Waals surface area contributed by atoms with E-state index < -0.39 is 0 Å². The Bertz CT molecular complexity index is 2920. The summed E-state index contributed by atoms with van der Waals surface area (Å²) in [6, 6.07) is 48.8. The third-order valence-corrected chi connectivity index (χ3v) is 11.6. The molecule has 0 spiro atoms. The van der Waals surface area contributed by atoms with Gasteiger partial charge in [0.1, 0.15) is 0 Å². The monoisotopic (exact) mass is 782 g/mol. The Morgan fingerprint density at radius 3 is 1.34 bits per heavy atom. The van der Waals surface area contributed by atoms with Gasteiger partial charge in [0.2, 0.25) is 0 Å². The van der Waals surface area contributed by atoms with Gasteiger partial charge in [0.25, 0.3) is 0 Å². The highest BCUT2D eigenvalue weighted by molar-refractivity contribution is 5.88. The smallest absolute Gasteiger partial charge is 0.0492 e. The first-order valence-electron chi connectivity index (χ1n) is 20.7. The summed E-state index contributed by atoms with van der Waals surface area (Å²) in [4.78, 5) is 8.69. The first kappa shape index (κ1) is 37.3. The SMILES string of the molecule is CC1NC=CC=C1C1=C=C=C(c2cc(-c3ccc(C4=CC=CNC4)cc3)cc(-c3cc(-c4ccc(-c5cccnc5)cc4)cc(-c4ccc(-c5cccnc5)cc4)c3)c2)C=C1. The van der Waals surface area contributed by atoms with Crippen molar-refractivity contribution in [3.05, 3.63) is 241 Å². The van der Waals surface area contributed by atoms with E-state index in [2.05, 4.69) is 191 Å². The van der Waals surface area contributed by atoms with Crippen LogP contribution in [0.15, 0.2) is 230 Å². The first-order valence-corrected chi connectivity index (χ1v) is 20.7. The third-order valence-electron chi connectivity index (χ3n) is 11.6. The lowest BCUT2D eigenvalue weighted by atomic mass is 9.88. The summed E-state index contributed by atoms with van der Waals surface area (Å²) in [7, 11) is 0. The molecule has 1 unspecified atom stereocenters. The molecule has 0 amide bonds. The van der Waals surface area contributed by atoms with Gasteiger partial charge in [-0.2, -0.15) is 0 Å². The number of hydrogen-bond acceptors (Lipinski definition) is 4. The second-order valence-corrected chi connectivity index (χ2v) is 15.5. The van der Waals surface area contributed by atoms with Crippen LogP contribution >= 0.6 is 0 Å². The average molecular weight is 783 g/mol. The number of rotatable bonds is 9. The van der Waals surface area contributed by atoms with Gasteiger partial charge in [0.05, 0.1) is 0 Å². The molecule has 4 heteroatoms. The number of nitrogens with zero attached hydrogens (tertiary/aromatic N) is 2. The maximum Gasteiger partial charge on any atom is 0.0492 e. The molecule has 0 saturated carbocycles. The average Bonchev–Trinajstić information content (AvgIpc) is 3.35. The Hall–Kier alpha value is -8.00. The molecule has 2 aromatic heterocycles. The topological polar surface area (TPSA) is 49.8 Å². The number of dihydropyridines is 2. The van der Waals surface area contributed by atoms with Crippen molar-refractivity contribution in [2.24, 2.45) is 0 Å². The zero-order valence-corrected chi connectivity index (χ0v) is 33.8. The van der Waals surface area contributed by atoms with E-state index in [0.29, 0.717) is 0 Å². The predicted octanol–water partition coefficient (Wildman–Crippen LogP) is 13.0. The van der Waals surface area contributed by atoms with Crippen LogP contribution in [0.25, 0.3) is 77.9 Å². The molecule has 3 aliphatic rings. The Morgan fingerprint density at radius 1 is 0.459 bits per heavy atom. The molecule has 0 saturated heterocycles. The van der Waals surface area contributed by atoms with Crippen LogP contribution in [0.3, 0.4) is 0 Å². The van der Waals surface area contributed by atoms with Crippen molar-refractivity contribution < 1.29 is 0 Å². The van der Waals surface area contributed by atoms with E-state index in [4.69, 9.17) is 0 Å². The maximum atomic E-state index is 4.35. The molecule has 7 aromatic rings. The fraction of sp³-hybridized carbons (Fsp3) is 0.0526. The summed E-state index contributed by atoms with van der Waals surface area (Å²) in [5.41, 5.74) is 27.4. The van der Waals surface area contributed by atoms with Gasteiger partial charge in [-0.3, -0.25) is 9.97 Å². The summed E-state index contributed by atoms with van der Waals surface area (Å²) in [5.74, 6) is 0. The van der Waals surface area contributed by atoms with Crippen LogP contribution in [-0.4, -0.2) is 22.6 Å². The summed E-state index contributed by atoms with van der Waals surface area (Å²) in [6.45, 7) is 2.99. The van der Waals surface area contributed by atoms with Crippen molar-refractivity contribution in [2.75, 3.05) is 6.54 Å². The highest BCUT2D eigenvalue weighted by atomic mass is 14.9. The van der Waals surface area contributed by atoms with E-state index in [1.54, 1.807) is 0 Å². The lowest BCUT2D eigenvalue weighted by Gasteiger charge is -2.19. The van der Waals surface area contributed by atoms with E-state index in [0.717, 1.165) is 90.0 Å². The van der Waals surface area contributed by atoms with Gasteiger partial charge in [-0.1, -0.05) is 109 Å². The molecule has 2 aliphatic heterocycles. The standard InChI is InChI=1S/C57H42N4/c1-39-57(9-5-29-61-39)47-24-22-46(23-25-47)54-31-53(45-20-14-42(15-21-45)50-8-4-28-60-38-50)34-56(35-54)55-32-51(43-16-10-40(11-17-43)48-6-2-26-58-36-48)30-52(33-55)44-18-12-41(13-19-44)49-7-3-27-59-37-49/h2-22,24,26-37,39,60-61H,38H2,1H3. The molecule has 290 valence electrons. The van der Waals surface area contributed by atoms with E-state index in [-0.39, 0.29) is 6.04 Å². The third kappa shape index (κ3) is 8.06. The van der Waals surface area contributed by atoms with Gasteiger partial charge in [-0.05, 0) is 181 Å².